The number of hydrogen-bond acceptors (Lipinski definition) is 2. The highest BCUT2D eigenvalue weighted by Gasteiger charge is 0.937. The molecule has 36 valence electrons. The van der Waals surface area contributed by atoms with Crippen molar-refractivity contribution in [1.82, 2.24) is 0 Å². The first kappa shape index (κ1) is 16.5. The highest BCUT2D eigenvalue weighted by molar-refractivity contribution is 8.03. The lowest BCUT2D eigenvalue weighted by Gasteiger charge is -1.08. The summed E-state index contributed by atoms with van der Waals surface area (Å²) in [6.45, 7) is 0. The van der Waals surface area contributed by atoms with Crippen molar-refractivity contribution in [3.05, 3.63) is 0 Å². The van der Waals surface area contributed by atoms with Crippen molar-refractivity contribution in [3.8, 4) is 0 Å². The molecule has 0 saturated carbocycles. The van der Waals surface area contributed by atoms with E-state index in [9.17, 15) is 0 Å². The summed E-state index contributed by atoms with van der Waals surface area (Å²) in [5.41, 5.74) is 0. The third-order valence-electron chi connectivity index (χ3n) is 0. The fourth-order valence-corrected chi connectivity index (χ4v) is 0. The van der Waals surface area contributed by atoms with Crippen LogP contribution >= 0.6 is 24.2 Å². The van der Waals surface area contributed by atoms with Crippen LogP contribution in [0.1, 0.15) is 7.43 Å². The molecule has 0 aliphatic rings. The molecule has 5 heavy (non-hydrogen) atoms. The second kappa shape index (κ2) is 68.2. The van der Waals surface area contributed by atoms with E-state index in [1.165, 1.54) is 0 Å². The summed E-state index contributed by atoms with van der Waals surface area (Å²) >= 11 is 7.33. The average molecular weight is 144 g/mol. The first-order chi connectivity index (χ1) is 2.00. The Hall–Kier alpha value is 1.13. The van der Waals surface area contributed by atoms with Gasteiger partial charge in [-0.05, 0) is 0 Å². The van der Waals surface area contributed by atoms with E-state index in [2.05, 4.69) is 24.2 Å². The van der Waals surface area contributed by atoms with E-state index in [0.29, 0.717) is 0 Å². The molecule has 0 saturated heterocycles. The fourth-order valence-electron chi connectivity index (χ4n) is 0. The van der Waals surface area contributed by atoms with Gasteiger partial charge >= 0.3 is 0 Å². The van der Waals surface area contributed by atoms with E-state index in [-0.39, 0.29) is 7.43 Å². The second-order valence-electron chi connectivity index (χ2n) is 0. The Morgan fingerprint density at radius 3 is 0.800 bits per heavy atom. The molecule has 0 aliphatic carbocycles. The maximum Gasteiger partial charge on any atom is 0.0652 e. The summed E-state index contributed by atoms with van der Waals surface area (Å²) in [5.74, 6) is 0. The molecular formula is CH12S2Si2. The van der Waals surface area contributed by atoms with E-state index in [0.717, 1.165) is 18.8 Å². The van der Waals surface area contributed by atoms with Crippen LogP contribution in [-0.4, -0.2) is 18.8 Å². The molecule has 0 nitrogen and oxygen atoms in total. The van der Waals surface area contributed by atoms with Crippen LogP contribution in [0.3, 0.4) is 0 Å². The zero-order valence-electron chi connectivity index (χ0n) is 2.89. The van der Waals surface area contributed by atoms with Crippen molar-refractivity contribution < 1.29 is 0 Å². The second-order valence-corrected chi connectivity index (χ2v) is 0. The van der Waals surface area contributed by atoms with Crippen LogP contribution in [0, 0.1) is 0 Å². The summed E-state index contributed by atoms with van der Waals surface area (Å²) in [5, 5.41) is 0. The van der Waals surface area contributed by atoms with Gasteiger partial charge in [-0.3, -0.25) is 0 Å². The Balaban J connectivity index is -0.0000000133. The third kappa shape index (κ3) is 39.2. The van der Waals surface area contributed by atoms with Gasteiger partial charge in [0, 0.05) is 0 Å². The van der Waals surface area contributed by atoms with Crippen LogP contribution < -0.4 is 0 Å². The van der Waals surface area contributed by atoms with Crippen molar-refractivity contribution in [2.45, 2.75) is 7.43 Å². The zero-order chi connectivity index (χ0) is 4.00. The molecule has 0 fully saturated rings. The number of thiol groups is 2. The van der Waals surface area contributed by atoms with Gasteiger partial charge < -0.3 is 0 Å². The van der Waals surface area contributed by atoms with Gasteiger partial charge in [0.2, 0.25) is 0 Å². The minimum Gasteiger partial charge on any atom is -0.214 e. The summed E-state index contributed by atoms with van der Waals surface area (Å²) in [7, 11) is 2.00. The van der Waals surface area contributed by atoms with Gasteiger partial charge in [0.1, 0.15) is 0 Å². The van der Waals surface area contributed by atoms with Crippen molar-refractivity contribution in [1.29, 1.82) is 0 Å². The molecular weight excluding hydrogens is 132 g/mol. The topological polar surface area (TPSA) is 0 Å². The van der Waals surface area contributed by atoms with Crippen molar-refractivity contribution >= 4 is 42.9 Å². The summed E-state index contributed by atoms with van der Waals surface area (Å²) < 4.78 is 0. The standard InChI is InChI=1S/CH4.2H4SSi/c;2*1-2/h1H4;2*1H,2H3. The molecule has 0 atom stereocenters. The summed E-state index contributed by atoms with van der Waals surface area (Å²) in [6.07, 6.45) is 0. The van der Waals surface area contributed by atoms with Gasteiger partial charge in [-0.25, -0.2) is 24.2 Å². The monoisotopic (exact) mass is 144 g/mol. The SMILES string of the molecule is C.[SiH3]S.[SiH3]S. The summed E-state index contributed by atoms with van der Waals surface area (Å²) in [6, 6.07) is 0. The molecule has 0 spiro atoms. The van der Waals surface area contributed by atoms with Gasteiger partial charge in [0.05, 0.1) is 18.8 Å². The number of rotatable bonds is 0. The third-order valence-corrected chi connectivity index (χ3v) is 0. The quantitative estimate of drug-likeness (QED) is 0.317. The van der Waals surface area contributed by atoms with Gasteiger partial charge in [0.25, 0.3) is 0 Å². The molecule has 0 aromatic carbocycles. The molecule has 4 heteroatoms. The number of hydrogen-bond donors (Lipinski definition) is 2. The Bertz CT molecular complexity index is 7.61. The fraction of sp³-hybridized carbons (Fsp3) is 1.00. The minimum absolute atomic E-state index is 0. The van der Waals surface area contributed by atoms with Crippen LogP contribution in [0.25, 0.3) is 0 Å². The zero-order valence-corrected chi connectivity index (χ0v) is 8.68. The van der Waals surface area contributed by atoms with E-state index < -0.39 is 0 Å². The Kier molecular flexibility index (Phi) is 225. The normalized spacial score (nSPS) is 3.60. The lowest BCUT2D eigenvalue weighted by molar-refractivity contribution is 2.50. The van der Waals surface area contributed by atoms with Crippen LogP contribution in [0.5, 0.6) is 0 Å². The molecule has 0 amide bonds. The maximum atomic E-state index is 3.67. The lowest BCUT2D eigenvalue weighted by Crippen LogP contribution is -0.991. The van der Waals surface area contributed by atoms with E-state index in [4.69, 9.17) is 0 Å². The molecule has 0 N–H and O–H groups in total. The Morgan fingerprint density at radius 1 is 0.800 bits per heavy atom. The minimum atomic E-state index is 0. The largest absolute Gasteiger partial charge is 0.214 e. The van der Waals surface area contributed by atoms with Gasteiger partial charge in [-0.2, -0.15) is 0 Å². The highest BCUT2D eigenvalue weighted by atomic mass is 32.3. The average Bonchev–Trinajstić information content (AvgIpc) is 1.50. The summed E-state index contributed by atoms with van der Waals surface area (Å²) in [4.78, 5) is 0. The molecule has 0 radical (unpaired) electrons. The van der Waals surface area contributed by atoms with Crippen LogP contribution in [0.4, 0.5) is 0 Å². The van der Waals surface area contributed by atoms with Gasteiger partial charge in [-0.1, -0.05) is 7.43 Å². The molecule has 0 bridgehead atoms. The molecule has 0 aromatic heterocycles. The molecule has 0 rings (SSSR count). The van der Waals surface area contributed by atoms with Crippen molar-refractivity contribution in [2.24, 2.45) is 0 Å². The van der Waals surface area contributed by atoms with Crippen molar-refractivity contribution in [3.63, 3.8) is 0 Å². The predicted molar refractivity (Wildman–Crippen MR) is 44.6 cm³/mol. The van der Waals surface area contributed by atoms with Crippen LogP contribution in [0.15, 0.2) is 0 Å². The molecule has 0 unspecified atom stereocenters. The predicted octanol–water partition coefficient (Wildman–Crippen LogP) is -0.971. The first-order valence-electron chi connectivity index (χ1n) is 0.894. The van der Waals surface area contributed by atoms with E-state index in [1.807, 2.05) is 0 Å². The molecule has 0 heterocycles. The first-order valence-corrected chi connectivity index (χ1v) is 8.05. The maximum absolute atomic E-state index is 3.67. The van der Waals surface area contributed by atoms with Crippen LogP contribution in [-0.2, 0) is 0 Å². The van der Waals surface area contributed by atoms with E-state index in [1.54, 1.807) is 0 Å². The van der Waals surface area contributed by atoms with Gasteiger partial charge in [0.15, 0.2) is 0 Å². The highest BCUT2D eigenvalue weighted by Crippen LogP contribution is 1.26. The van der Waals surface area contributed by atoms with E-state index >= 15 is 0 Å². The molecule has 0 aromatic rings. The van der Waals surface area contributed by atoms with Gasteiger partial charge in [-0.15, -0.1) is 0 Å². The molecule has 0 aliphatic heterocycles. The smallest absolute Gasteiger partial charge is 0.0652 e. The lowest BCUT2D eigenvalue weighted by atomic mass is 12.0. The van der Waals surface area contributed by atoms with Crippen molar-refractivity contribution in [2.75, 3.05) is 0 Å². The van der Waals surface area contributed by atoms with Crippen LogP contribution in [0.2, 0.25) is 0 Å². The Morgan fingerprint density at radius 2 is 0.800 bits per heavy atom. The Labute approximate surface area is 50.7 Å².